The fourth-order valence-electron chi connectivity index (χ4n) is 11.0. The van der Waals surface area contributed by atoms with E-state index in [2.05, 4.69) is 25.9 Å². The molecule has 10 atom stereocenters. The third-order valence-corrected chi connectivity index (χ3v) is 16.6. The van der Waals surface area contributed by atoms with Crippen molar-refractivity contribution in [1.82, 2.24) is 41.2 Å². The predicted octanol–water partition coefficient (Wildman–Crippen LogP) is 0.0286. The van der Waals surface area contributed by atoms with Gasteiger partial charge in [-0.1, -0.05) is 11.3 Å². The predicted molar refractivity (Wildman–Crippen MR) is 342 cm³/mol. The van der Waals surface area contributed by atoms with E-state index in [0.29, 0.717) is 34.8 Å². The lowest BCUT2D eigenvalue weighted by molar-refractivity contribution is -0.240. The van der Waals surface area contributed by atoms with E-state index in [1.165, 1.54) is 16.8 Å². The molecule has 4 bridgehead atoms. The Labute approximate surface area is 596 Å². The van der Waals surface area contributed by atoms with Crippen LogP contribution in [-0.2, 0) is 90.3 Å². The van der Waals surface area contributed by atoms with Gasteiger partial charge in [-0.3, -0.25) is 24.0 Å². The smallest absolute Gasteiger partial charge is 0.471 e. The normalized spacial score (nSPS) is 22.9. The minimum Gasteiger partial charge on any atom is -0.505 e. The molecule has 33 nitrogen and oxygen atoms in total. The number of hydrogen-bond acceptors (Lipinski definition) is 28. The number of phenolic OH excluding ortho intramolecular Hbond substituents is 1. The van der Waals surface area contributed by atoms with Crippen molar-refractivity contribution in [3.63, 3.8) is 0 Å². The van der Waals surface area contributed by atoms with E-state index >= 15 is 0 Å². The molecule has 4 aliphatic rings. The first-order valence-corrected chi connectivity index (χ1v) is 33.7. The Hall–Kier alpha value is -7.07. The number of ketones is 1. The van der Waals surface area contributed by atoms with Gasteiger partial charge >= 0.3 is 24.2 Å². The van der Waals surface area contributed by atoms with Gasteiger partial charge in [0.2, 0.25) is 11.8 Å². The van der Waals surface area contributed by atoms with Crippen molar-refractivity contribution in [2.75, 3.05) is 165 Å². The average molecular weight is 1510 g/mol. The van der Waals surface area contributed by atoms with Crippen LogP contribution in [0.15, 0.2) is 54.7 Å². The number of hydrogen-bond donors (Lipinski definition) is 9. The van der Waals surface area contributed by atoms with E-state index in [-0.39, 0.29) is 208 Å². The van der Waals surface area contributed by atoms with Crippen LogP contribution in [0.5, 0.6) is 11.5 Å². The summed E-state index contributed by atoms with van der Waals surface area (Å²) in [5.41, 5.74) is -1.17. The van der Waals surface area contributed by atoms with E-state index in [9.17, 15) is 80.2 Å². The maximum Gasteiger partial charge on any atom is 0.471 e. The number of fused-ring (bicyclic) bond motifs is 5. The highest BCUT2D eigenvalue weighted by Gasteiger charge is 2.62. The molecule has 105 heavy (non-hydrogen) atoms. The number of ether oxygens (including phenoxy) is 15. The molecule has 4 saturated heterocycles. The number of carbonyl (C=O) groups excluding carboxylic acids is 5. The van der Waals surface area contributed by atoms with Crippen molar-refractivity contribution in [1.29, 1.82) is 0 Å². The molecule has 0 unspecified atom stereocenters. The van der Waals surface area contributed by atoms with Crippen LogP contribution in [0.25, 0.3) is 28.0 Å². The van der Waals surface area contributed by atoms with Gasteiger partial charge in [0.05, 0.1) is 175 Å². The van der Waals surface area contributed by atoms with Gasteiger partial charge in [-0.2, -0.15) is 26.3 Å². The van der Waals surface area contributed by atoms with E-state index in [0.717, 1.165) is 11.5 Å². The largest absolute Gasteiger partial charge is 0.505 e. The zero-order valence-corrected chi connectivity index (χ0v) is 56.9. The molecule has 6 heterocycles. The Kier molecular flexibility index (Phi) is 32.9. The number of pyridine rings is 1. The summed E-state index contributed by atoms with van der Waals surface area (Å²) >= 11 is 0. The van der Waals surface area contributed by atoms with Crippen molar-refractivity contribution in [2.45, 2.75) is 105 Å². The number of benzene rings is 2. The number of carbonyl (C=O) groups is 5. The number of nitrogens with zero attached hydrogens (tertiary/aromatic N) is 4. The zero-order chi connectivity index (χ0) is 75.4. The second-order valence-corrected chi connectivity index (χ2v) is 24.5. The Morgan fingerprint density at radius 3 is 1.54 bits per heavy atom. The van der Waals surface area contributed by atoms with Crippen molar-refractivity contribution in [3.05, 3.63) is 60.5 Å². The first-order chi connectivity index (χ1) is 50.3. The highest BCUT2D eigenvalue weighted by molar-refractivity contribution is 5.84. The molecule has 9 N–H and O–H groups in total. The molecule has 4 amide bonds. The number of Topliss-reactive ketones (excluding diaryl/α,β-unsaturated/α-hetero) is 1. The Morgan fingerprint density at radius 1 is 0.571 bits per heavy atom. The first-order valence-electron chi connectivity index (χ1n) is 33.7. The van der Waals surface area contributed by atoms with Crippen LogP contribution < -0.4 is 26.0 Å². The highest BCUT2D eigenvalue weighted by atomic mass is 19.4. The number of amides is 4. The number of rotatable bonds is 49. The number of aliphatic hydroxyl groups is 4. The van der Waals surface area contributed by atoms with Crippen LogP contribution in [0, 0.1) is 11.7 Å². The van der Waals surface area contributed by atoms with Crippen LogP contribution in [-0.4, -0.2) is 313 Å². The molecule has 586 valence electrons. The van der Waals surface area contributed by atoms with E-state index in [1.54, 1.807) is 35.0 Å². The molecular formula is C65H87F7N8O25. The molecule has 0 radical (unpaired) electrons. The lowest BCUT2D eigenvalue weighted by atomic mass is 9.88. The Balaban J connectivity index is 0.652. The molecule has 4 aromatic rings. The van der Waals surface area contributed by atoms with Gasteiger partial charge in [-0.05, 0) is 42.8 Å². The zero-order valence-electron chi connectivity index (χ0n) is 56.9. The van der Waals surface area contributed by atoms with Gasteiger partial charge in [0.25, 0.3) is 0 Å². The quantitative estimate of drug-likeness (QED) is 0.0208. The van der Waals surface area contributed by atoms with Crippen molar-refractivity contribution >= 4 is 40.3 Å². The number of alkyl halides is 6. The van der Waals surface area contributed by atoms with Gasteiger partial charge in [0.1, 0.15) is 64.9 Å². The molecule has 8 rings (SSSR count). The van der Waals surface area contributed by atoms with Crippen molar-refractivity contribution < 1.29 is 151 Å². The topological polar surface area (TPSA) is 417 Å². The van der Waals surface area contributed by atoms with E-state index in [1.807, 2.05) is 12.1 Å². The lowest BCUT2D eigenvalue weighted by Crippen LogP contribution is -2.67. The molecule has 2 aromatic carbocycles. The fraction of sp³-hybridized carbons (Fsp3) is 0.662. The van der Waals surface area contributed by atoms with E-state index in [4.69, 9.17) is 71.1 Å². The van der Waals surface area contributed by atoms with Crippen LogP contribution in [0.2, 0.25) is 0 Å². The summed E-state index contributed by atoms with van der Waals surface area (Å²) in [6.45, 7) is 1.99. The number of aliphatic hydroxyl groups excluding tert-OH is 4. The minimum absolute atomic E-state index is 0.0129. The summed E-state index contributed by atoms with van der Waals surface area (Å²) < 4.78 is 175. The molecule has 4 fully saturated rings. The number of nitrogens with one attached hydrogen (secondary N) is 4. The van der Waals surface area contributed by atoms with Crippen LogP contribution in [0.1, 0.15) is 32.1 Å². The lowest BCUT2D eigenvalue weighted by Gasteiger charge is -2.42. The summed E-state index contributed by atoms with van der Waals surface area (Å²) in [6.07, 6.45) is -18.2. The average Bonchev–Trinajstić information content (AvgIpc) is 1.63. The van der Waals surface area contributed by atoms with Gasteiger partial charge < -0.3 is 118 Å². The molecule has 4 aliphatic heterocycles. The highest BCUT2D eigenvalue weighted by Crippen LogP contribution is 2.39. The maximum atomic E-state index is 14.0. The Bertz CT molecular complexity index is 3270. The monoisotopic (exact) mass is 1510 g/mol. The fourth-order valence-corrected chi connectivity index (χ4v) is 11.0. The van der Waals surface area contributed by atoms with Gasteiger partial charge in [-0.25, -0.2) is 14.1 Å². The SMILES string of the molecule is O=C(CCCOc1ccc2nc(-c3cn(-c4ccc(O)c(F)c4)nn3)ccc2c1)CC(COCCC(=O)NCCOCCOCCOCCOC[C@@]12CO[C@@H](O1)[C@H](NC(=O)C(F)(F)F)[C@@H](O)[C@H]2O)COCCC(=O)NCCOCCOCCOCCOC[C@@]12CO[C@@H](O1)[C@H](NC(=O)C(F)(F)F)[C@@H](O)[C@H]2O. The number of phenols is 1. The number of halogens is 7. The molecular weight excluding hydrogens is 1430 g/mol. The summed E-state index contributed by atoms with van der Waals surface area (Å²) in [5.74, 6) is -6.47. The number of aromatic hydroxyl groups is 1. The Morgan fingerprint density at radius 2 is 1.06 bits per heavy atom. The first kappa shape index (κ1) is 83.6. The van der Waals surface area contributed by atoms with Crippen molar-refractivity contribution in [3.8, 4) is 28.6 Å². The summed E-state index contributed by atoms with van der Waals surface area (Å²) in [5, 5.41) is 69.3. The molecule has 40 heteroatoms. The second kappa shape index (κ2) is 41.3. The molecule has 0 saturated carbocycles. The summed E-state index contributed by atoms with van der Waals surface area (Å²) in [6, 6.07) is 9.47. The molecule has 0 aliphatic carbocycles. The number of aromatic nitrogens is 4. The molecule has 0 spiro atoms. The standard InChI is InChI=1S/C65H87F7N8O25/c66-45-32-42(4-8-49(45)82)80-33-48(78-79-80)47-6-3-41-31-44(5-7-46(41)75-47)101-13-1-2-43(81)30-40(34-97-14-9-50(83)73-11-16-91-18-20-93-22-24-95-26-28-99-36-62-38-102-58(104-62)52(54(85)56(62)87)76-60(89)64(67,68)69)35-98-15-10-51(84)74-12-17-92-19-21-94-23-25-96-27-29-100-37-63-39-103-59(105-63)53(55(86)57(63)88)77-61(90)65(70,71)72/h3-8,31-33,40,52-59,82,85-88H,1-2,9-30,34-39H2,(H,73,83)(H,74,84)(H,76,89)(H,77,90)/t52-,53-,54-,55-,56-,57-,58+,59+,62+,63+/m1/s1. The van der Waals surface area contributed by atoms with Crippen molar-refractivity contribution in [2.24, 2.45) is 5.92 Å². The minimum atomic E-state index is -5.22. The second-order valence-electron chi connectivity index (χ2n) is 24.5. The third-order valence-electron chi connectivity index (χ3n) is 16.6. The van der Waals surface area contributed by atoms with Gasteiger partial charge in [-0.15, -0.1) is 5.10 Å². The van der Waals surface area contributed by atoms with Gasteiger partial charge in [0.15, 0.2) is 24.1 Å². The maximum absolute atomic E-state index is 14.0. The third kappa shape index (κ3) is 25.8. The molecule has 2 aromatic heterocycles. The van der Waals surface area contributed by atoms with Crippen LogP contribution >= 0.6 is 0 Å². The summed E-state index contributed by atoms with van der Waals surface area (Å²) in [4.78, 5) is 66.0. The van der Waals surface area contributed by atoms with Crippen LogP contribution in [0.4, 0.5) is 30.7 Å². The van der Waals surface area contributed by atoms with E-state index < -0.39 is 102 Å². The van der Waals surface area contributed by atoms with Crippen LogP contribution in [0.3, 0.4) is 0 Å². The summed E-state index contributed by atoms with van der Waals surface area (Å²) in [7, 11) is 0. The van der Waals surface area contributed by atoms with Gasteiger partial charge in [0, 0.05) is 56.1 Å².